The molecule has 3 rings (SSSR count). The van der Waals surface area contributed by atoms with Gasteiger partial charge in [0.05, 0.1) is 24.9 Å². The van der Waals surface area contributed by atoms with Crippen molar-refractivity contribution in [2.75, 3.05) is 13.7 Å². The molecule has 7 heteroatoms. The Morgan fingerprint density at radius 1 is 1.31 bits per heavy atom. The number of carbonyl (C=O) groups is 1. The number of methoxy groups -OCH3 is 1. The molecule has 2 aromatic heterocycles. The Labute approximate surface area is 156 Å². The van der Waals surface area contributed by atoms with Crippen LogP contribution >= 0.6 is 11.3 Å². The molecule has 0 atom stereocenters. The van der Waals surface area contributed by atoms with Crippen molar-refractivity contribution in [3.63, 3.8) is 0 Å². The maximum absolute atomic E-state index is 12.1. The number of carbonyl (C=O) groups excluding carboxylic acids is 1. The number of aromatic nitrogens is 3. The third kappa shape index (κ3) is 4.49. The van der Waals surface area contributed by atoms with Crippen molar-refractivity contribution in [3.05, 3.63) is 58.4 Å². The summed E-state index contributed by atoms with van der Waals surface area (Å²) >= 11 is 1.56. The molecule has 136 valence electrons. The molecule has 0 fully saturated rings. The lowest BCUT2D eigenvalue weighted by Gasteiger charge is -2.06. The van der Waals surface area contributed by atoms with Crippen molar-refractivity contribution < 1.29 is 9.53 Å². The second-order valence-corrected chi connectivity index (χ2v) is 6.93. The van der Waals surface area contributed by atoms with E-state index in [9.17, 15) is 4.79 Å². The van der Waals surface area contributed by atoms with Crippen LogP contribution in [0.5, 0.6) is 5.75 Å². The molecule has 1 aromatic carbocycles. The van der Waals surface area contributed by atoms with Crippen molar-refractivity contribution in [3.8, 4) is 10.9 Å². The Morgan fingerprint density at radius 2 is 2.15 bits per heavy atom. The summed E-state index contributed by atoms with van der Waals surface area (Å²) in [6, 6.07) is 9.57. The maximum atomic E-state index is 12.1. The number of benzene rings is 1. The van der Waals surface area contributed by atoms with Crippen molar-refractivity contribution >= 4 is 17.2 Å². The summed E-state index contributed by atoms with van der Waals surface area (Å²) < 4.78 is 7.03. The monoisotopic (exact) mass is 370 g/mol. The van der Waals surface area contributed by atoms with E-state index in [1.807, 2.05) is 54.2 Å². The average molecular weight is 370 g/mol. The van der Waals surface area contributed by atoms with Gasteiger partial charge in [0, 0.05) is 24.0 Å². The second-order valence-electron chi connectivity index (χ2n) is 6.09. The molecule has 0 radical (unpaired) electrons. The van der Waals surface area contributed by atoms with E-state index in [0.29, 0.717) is 19.4 Å². The molecule has 0 unspecified atom stereocenters. The largest absolute Gasteiger partial charge is 0.497 e. The van der Waals surface area contributed by atoms with Gasteiger partial charge in [-0.1, -0.05) is 12.1 Å². The van der Waals surface area contributed by atoms with E-state index in [2.05, 4.69) is 15.4 Å². The number of ether oxygens (including phenoxy) is 1. The predicted octanol–water partition coefficient (Wildman–Crippen LogP) is 2.86. The first-order chi connectivity index (χ1) is 12.5. The summed E-state index contributed by atoms with van der Waals surface area (Å²) in [6.45, 7) is 4.54. The van der Waals surface area contributed by atoms with Crippen LogP contribution in [0.1, 0.15) is 22.6 Å². The lowest BCUT2D eigenvalue weighted by molar-refractivity contribution is -0.120. The topological polar surface area (TPSA) is 69.0 Å². The fraction of sp³-hybridized carbons (Fsp3) is 0.316. The van der Waals surface area contributed by atoms with E-state index < -0.39 is 0 Å². The smallest absolute Gasteiger partial charge is 0.224 e. The van der Waals surface area contributed by atoms with Crippen LogP contribution in [0.2, 0.25) is 0 Å². The van der Waals surface area contributed by atoms with Crippen LogP contribution in [0, 0.1) is 13.8 Å². The molecule has 0 saturated carbocycles. The van der Waals surface area contributed by atoms with Gasteiger partial charge in [0.2, 0.25) is 11.0 Å². The SMILES string of the molecule is COc1cccc(CC(=O)NCCc2csc(-n3nc(C)cc3C)n2)c1. The molecular weight excluding hydrogens is 348 g/mol. The van der Waals surface area contributed by atoms with Gasteiger partial charge in [-0.25, -0.2) is 9.67 Å². The van der Waals surface area contributed by atoms with Gasteiger partial charge in [0.25, 0.3) is 0 Å². The zero-order valence-electron chi connectivity index (χ0n) is 15.2. The summed E-state index contributed by atoms with van der Waals surface area (Å²) in [5.41, 5.74) is 3.93. The van der Waals surface area contributed by atoms with Crippen LogP contribution in [-0.4, -0.2) is 34.3 Å². The summed E-state index contributed by atoms with van der Waals surface area (Å²) in [4.78, 5) is 16.7. The molecule has 2 heterocycles. The number of nitrogens with zero attached hydrogens (tertiary/aromatic N) is 3. The molecule has 0 spiro atoms. The molecule has 26 heavy (non-hydrogen) atoms. The second kappa shape index (κ2) is 8.14. The number of hydrogen-bond donors (Lipinski definition) is 1. The zero-order chi connectivity index (χ0) is 18.5. The molecule has 1 N–H and O–H groups in total. The van der Waals surface area contributed by atoms with Crippen LogP contribution in [0.3, 0.4) is 0 Å². The van der Waals surface area contributed by atoms with Crippen LogP contribution in [0.25, 0.3) is 5.13 Å². The number of hydrogen-bond acceptors (Lipinski definition) is 5. The van der Waals surface area contributed by atoms with Crippen LogP contribution in [0.4, 0.5) is 0 Å². The quantitative estimate of drug-likeness (QED) is 0.694. The third-order valence-corrected chi connectivity index (χ3v) is 4.80. The van der Waals surface area contributed by atoms with Gasteiger partial charge in [-0.05, 0) is 37.6 Å². The van der Waals surface area contributed by atoms with E-state index in [4.69, 9.17) is 4.74 Å². The number of aryl methyl sites for hydroxylation is 2. The van der Waals surface area contributed by atoms with Gasteiger partial charge in [-0.3, -0.25) is 4.79 Å². The normalized spacial score (nSPS) is 10.7. The van der Waals surface area contributed by atoms with E-state index in [1.54, 1.807) is 18.4 Å². The van der Waals surface area contributed by atoms with Crippen molar-refractivity contribution in [2.45, 2.75) is 26.7 Å². The van der Waals surface area contributed by atoms with Gasteiger partial charge < -0.3 is 10.1 Å². The molecule has 0 aliphatic heterocycles. The van der Waals surface area contributed by atoms with Crippen LogP contribution < -0.4 is 10.1 Å². The summed E-state index contributed by atoms with van der Waals surface area (Å²) in [5, 5.41) is 10.3. The molecule has 0 aliphatic rings. The van der Waals surface area contributed by atoms with E-state index in [0.717, 1.165) is 33.5 Å². The Balaban J connectivity index is 1.50. The number of thiazole rings is 1. The fourth-order valence-corrected chi connectivity index (χ4v) is 3.56. The van der Waals surface area contributed by atoms with Crippen LogP contribution in [0.15, 0.2) is 35.7 Å². The highest BCUT2D eigenvalue weighted by Gasteiger charge is 2.09. The molecule has 0 bridgehead atoms. The van der Waals surface area contributed by atoms with Gasteiger partial charge in [-0.15, -0.1) is 11.3 Å². The minimum absolute atomic E-state index is 0.00717. The highest BCUT2D eigenvalue weighted by molar-refractivity contribution is 7.12. The molecule has 6 nitrogen and oxygen atoms in total. The Morgan fingerprint density at radius 3 is 2.88 bits per heavy atom. The summed E-state index contributed by atoms with van der Waals surface area (Å²) in [7, 11) is 1.62. The molecular formula is C19H22N4O2S. The Kier molecular flexibility index (Phi) is 5.68. The first-order valence-corrected chi connectivity index (χ1v) is 9.31. The predicted molar refractivity (Wildman–Crippen MR) is 102 cm³/mol. The van der Waals surface area contributed by atoms with Crippen molar-refractivity contribution in [1.29, 1.82) is 0 Å². The minimum Gasteiger partial charge on any atom is -0.497 e. The van der Waals surface area contributed by atoms with E-state index in [1.165, 1.54) is 0 Å². The van der Waals surface area contributed by atoms with E-state index in [-0.39, 0.29) is 5.91 Å². The van der Waals surface area contributed by atoms with Gasteiger partial charge >= 0.3 is 0 Å². The average Bonchev–Trinajstić information content (AvgIpc) is 3.21. The Bertz CT molecular complexity index is 901. The van der Waals surface area contributed by atoms with E-state index >= 15 is 0 Å². The lowest BCUT2D eigenvalue weighted by Crippen LogP contribution is -2.27. The third-order valence-electron chi connectivity index (χ3n) is 3.93. The summed E-state index contributed by atoms with van der Waals surface area (Å²) in [5.74, 6) is 0.752. The first kappa shape index (κ1) is 18.1. The zero-order valence-corrected chi connectivity index (χ0v) is 16.0. The highest BCUT2D eigenvalue weighted by atomic mass is 32.1. The lowest BCUT2D eigenvalue weighted by atomic mass is 10.1. The minimum atomic E-state index is -0.00717. The van der Waals surface area contributed by atoms with Gasteiger partial charge in [-0.2, -0.15) is 5.10 Å². The number of nitrogens with one attached hydrogen (secondary N) is 1. The molecule has 0 aliphatic carbocycles. The summed E-state index contributed by atoms with van der Waals surface area (Å²) in [6.07, 6.45) is 1.03. The first-order valence-electron chi connectivity index (χ1n) is 8.43. The molecule has 0 saturated heterocycles. The van der Waals surface area contributed by atoms with Crippen molar-refractivity contribution in [1.82, 2.24) is 20.1 Å². The maximum Gasteiger partial charge on any atom is 0.224 e. The fourth-order valence-electron chi connectivity index (χ4n) is 2.69. The number of amides is 1. The Hall–Kier alpha value is -2.67. The molecule has 3 aromatic rings. The number of rotatable bonds is 7. The molecule has 1 amide bonds. The highest BCUT2D eigenvalue weighted by Crippen LogP contribution is 2.17. The van der Waals surface area contributed by atoms with Gasteiger partial charge in [0.1, 0.15) is 5.75 Å². The standard InChI is InChI=1S/C19H22N4O2S/c1-13-9-14(2)23(22-13)19-21-16(12-26-19)7-8-20-18(24)11-15-5-4-6-17(10-15)25-3/h4-6,9-10,12H,7-8,11H2,1-3H3,(H,20,24). The van der Waals surface area contributed by atoms with Gasteiger partial charge in [0.15, 0.2) is 0 Å². The van der Waals surface area contributed by atoms with Crippen LogP contribution in [-0.2, 0) is 17.6 Å². The van der Waals surface area contributed by atoms with Crippen molar-refractivity contribution in [2.24, 2.45) is 0 Å².